The molecule has 6 heteroatoms. The molecule has 0 N–H and O–H groups in total. The van der Waals surface area contributed by atoms with Crippen LogP contribution in [0.4, 0.5) is 0 Å². The van der Waals surface area contributed by atoms with Gasteiger partial charge < -0.3 is 14.4 Å². The summed E-state index contributed by atoms with van der Waals surface area (Å²) in [6.07, 6.45) is 0. The van der Waals surface area contributed by atoms with E-state index in [1.165, 1.54) is 31.8 Å². The van der Waals surface area contributed by atoms with Crippen LogP contribution in [0, 0.1) is 0 Å². The van der Waals surface area contributed by atoms with Gasteiger partial charge in [-0.05, 0) is 47.7 Å². The van der Waals surface area contributed by atoms with E-state index in [-0.39, 0.29) is 17.1 Å². The normalized spacial score (nSPS) is 9.20. The SMILES string of the molecule is C=O.C=O.C=O.[Fe].c1ccc(P(c2ccccc2)c2ccccc2)cc1.c1ccc(P(c2ccccc2)c2ccccc2)cc1. The van der Waals surface area contributed by atoms with Crippen molar-refractivity contribution in [1.82, 2.24) is 0 Å². The van der Waals surface area contributed by atoms with E-state index in [1.54, 1.807) is 0 Å². The Labute approximate surface area is 280 Å². The number of rotatable bonds is 6. The van der Waals surface area contributed by atoms with Gasteiger partial charge in [-0.1, -0.05) is 182 Å². The zero-order chi connectivity index (χ0) is 31.8. The van der Waals surface area contributed by atoms with E-state index in [9.17, 15) is 0 Å². The monoisotopic (exact) mass is 670 g/mol. The molecule has 0 aliphatic carbocycles. The third-order valence-electron chi connectivity index (χ3n) is 6.09. The van der Waals surface area contributed by atoms with Crippen LogP contribution in [-0.2, 0) is 31.5 Å². The fraction of sp³-hybridized carbons (Fsp3) is 0. The molecule has 0 unspecified atom stereocenters. The summed E-state index contributed by atoms with van der Waals surface area (Å²) in [7, 11) is -0.892. The quantitative estimate of drug-likeness (QED) is 0.154. The molecule has 0 saturated heterocycles. The van der Waals surface area contributed by atoms with Crippen LogP contribution in [0.25, 0.3) is 0 Å². The van der Waals surface area contributed by atoms with Crippen LogP contribution in [0.3, 0.4) is 0 Å². The average molecular weight is 671 g/mol. The first kappa shape index (κ1) is 38.7. The molecule has 0 radical (unpaired) electrons. The number of carbonyl (C=O) groups excluding carboxylic acids is 3. The minimum atomic E-state index is -0.446. The van der Waals surface area contributed by atoms with Crippen LogP contribution in [-0.4, -0.2) is 20.4 Å². The molecule has 6 aromatic rings. The largest absolute Gasteiger partial charge is 0.307 e. The second kappa shape index (κ2) is 24.1. The molecule has 0 aromatic heterocycles. The van der Waals surface area contributed by atoms with Crippen molar-refractivity contribution >= 4 is 68.0 Å². The van der Waals surface area contributed by atoms with E-state index < -0.39 is 15.8 Å². The van der Waals surface area contributed by atoms with Gasteiger partial charge in [0.25, 0.3) is 0 Å². The summed E-state index contributed by atoms with van der Waals surface area (Å²) in [5.74, 6) is 0. The van der Waals surface area contributed by atoms with Gasteiger partial charge in [-0.25, -0.2) is 0 Å². The van der Waals surface area contributed by atoms with Crippen molar-refractivity contribution in [3.63, 3.8) is 0 Å². The number of carbonyl (C=O) groups is 3. The summed E-state index contributed by atoms with van der Waals surface area (Å²) < 4.78 is 0. The van der Waals surface area contributed by atoms with Gasteiger partial charge in [0.2, 0.25) is 0 Å². The van der Waals surface area contributed by atoms with E-state index in [4.69, 9.17) is 14.4 Å². The van der Waals surface area contributed by atoms with E-state index in [0.29, 0.717) is 0 Å². The second-order valence-electron chi connectivity index (χ2n) is 8.68. The van der Waals surface area contributed by atoms with Gasteiger partial charge in [-0.3, -0.25) is 0 Å². The molecule has 45 heavy (non-hydrogen) atoms. The Balaban J connectivity index is 0.000000379. The molecule has 228 valence electrons. The molecule has 0 fully saturated rings. The summed E-state index contributed by atoms with van der Waals surface area (Å²) in [5.41, 5.74) is 0. The van der Waals surface area contributed by atoms with E-state index in [2.05, 4.69) is 182 Å². The fourth-order valence-corrected chi connectivity index (χ4v) is 8.97. The van der Waals surface area contributed by atoms with Crippen LogP contribution in [0.5, 0.6) is 0 Å². The Morgan fingerprint density at radius 1 is 0.244 bits per heavy atom. The third-order valence-corrected chi connectivity index (χ3v) is 11.0. The van der Waals surface area contributed by atoms with Gasteiger partial charge in [0.15, 0.2) is 0 Å². The number of hydrogen-bond donors (Lipinski definition) is 0. The van der Waals surface area contributed by atoms with Crippen molar-refractivity contribution in [3.05, 3.63) is 182 Å². The van der Waals surface area contributed by atoms with Crippen molar-refractivity contribution < 1.29 is 31.5 Å². The van der Waals surface area contributed by atoms with Crippen LogP contribution in [0.1, 0.15) is 0 Å². The molecule has 0 aliphatic rings. The molecule has 0 bridgehead atoms. The van der Waals surface area contributed by atoms with Gasteiger partial charge in [-0.2, -0.15) is 0 Å². The molecule has 0 spiro atoms. The molecule has 0 amide bonds. The first-order valence-electron chi connectivity index (χ1n) is 13.7. The molecular formula is C39H36FeO3P2. The summed E-state index contributed by atoms with van der Waals surface area (Å²) in [5, 5.41) is 8.39. The van der Waals surface area contributed by atoms with E-state index in [0.717, 1.165) is 0 Å². The summed E-state index contributed by atoms with van der Waals surface area (Å²) in [4.78, 5) is 24.0. The minimum absolute atomic E-state index is 0. The first-order valence-corrected chi connectivity index (χ1v) is 16.4. The standard InChI is InChI=1S/2C18H15P.3CH2O.Fe/c2*1-4-10-16(11-5-1)19(17-12-6-2-7-13-17)18-14-8-3-9-15-18;3*1-2;/h2*1-15H;3*1H2;. The van der Waals surface area contributed by atoms with Crippen LogP contribution in [0.2, 0.25) is 0 Å². The van der Waals surface area contributed by atoms with Crippen molar-refractivity contribution in [2.75, 3.05) is 0 Å². The maximum absolute atomic E-state index is 8.00. The molecule has 6 aromatic carbocycles. The fourth-order valence-electron chi connectivity index (χ4n) is 4.36. The van der Waals surface area contributed by atoms with Crippen molar-refractivity contribution in [1.29, 1.82) is 0 Å². The molecular weight excluding hydrogens is 634 g/mol. The smallest absolute Gasteiger partial charge is 0.106 e. The first-order chi connectivity index (χ1) is 21.9. The van der Waals surface area contributed by atoms with E-state index >= 15 is 0 Å². The molecule has 3 nitrogen and oxygen atoms in total. The second-order valence-corrected chi connectivity index (χ2v) is 13.1. The Hall–Kier alpha value is -4.29. The Morgan fingerprint density at radius 3 is 0.467 bits per heavy atom. The summed E-state index contributed by atoms with van der Waals surface area (Å²) in [6.45, 7) is 6.00. The van der Waals surface area contributed by atoms with Crippen LogP contribution < -0.4 is 31.8 Å². The Morgan fingerprint density at radius 2 is 0.356 bits per heavy atom. The Kier molecular flexibility index (Phi) is 20.7. The van der Waals surface area contributed by atoms with Crippen molar-refractivity contribution in [2.45, 2.75) is 0 Å². The minimum Gasteiger partial charge on any atom is -0.307 e. The number of hydrogen-bond acceptors (Lipinski definition) is 3. The van der Waals surface area contributed by atoms with Gasteiger partial charge >= 0.3 is 0 Å². The van der Waals surface area contributed by atoms with Gasteiger partial charge in [0.05, 0.1) is 0 Å². The van der Waals surface area contributed by atoms with Crippen molar-refractivity contribution in [3.8, 4) is 0 Å². The Bertz CT molecular complexity index is 1230. The molecule has 0 saturated carbocycles. The van der Waals surface area contributed by atoms with E-state index in [1.807, 2.05) is 20.4 Å². The van der Waals surface area contributed by atoms with Crippen molar-refractivity contribution in [2.24, 2.45) is 0 Å². The maximum atomic E-state index is 8.00. The van der Waals surface area contributed by atoms with Gasteiger partial charge in [0.1, 0.15) is 20.4 Å². The van der Waals surface area contributed by atoms with Crippen LogP contribution >= 0.6 is 15.8 Å². The van der Waals surface area contributed by atoms with Crippen LogP contribution in [0.15, 0.2) is 182 Å². The topological polar surface area (TPSA) is 51.2 Å². The molecule has 0 heterocycles. The van der Waals surface area contributed by atoms with Gasteiger partial charge in [0, 0.05) is 17.1 Å². The summed E-state index contributed by atoms with van der Waals surface area (Å²) in [6, 6.07) is 64.7. The third kappa shape index (κ3) is 12.3. The predicted molar refractivity (Wildman–Crippen MR) is 192 cm³/mol. The zero-order valence-electron chi connectivity index (χ0n) is 24.9. The average Bonchev–Trinajstić information content (AvgIpc) is 3.14. The summed E-state index contributed by atoms with van der Waals surface area (Å²) >= 11 is 0. The zero-order valence-corrected chi connectivity index (χ0v) is 27.8. The predicted octanol–water partition coefficient (Wildman–Crippen LogP) is 6.33. The molecule has 6 rings (SSSR count). The molecule has 0 aliphatic heterocycles. The van der Waals surface area contributed by atoms with Gasteiger partial charge in [-0.15, -0.1) is 0 Å². The maximum Gasteiger partial charge on any atom is 0.106 e. The number of benzene rings is 6. The molecule has 0 atom stereocenters.